The third-order valence-electron chi connectivity index (χ3n) is 2.38. The number of nitrogens with two attached hydrogens (primary N) is 1. The smallest absolute Gasteiger partial charge is 0.158 e. The van der Waals surface area contributed by atoms with Gasteiger partial charge in [0.2, 0.25) is 0 Å². The molecular formula is C8H14N4O. The molecule has 0 unspecified atom stereocenters. The Labute approximate surface area is 76.9 Å². The molecule has 0 amide bonds. The first-order chi connectivity index (χ1) is 6.25. The number of hydrogen-bond acceptors (Lipinski definition) is 4. The van der Waals surface area contributed by atoms with Crippen LogP contribution >= 0.6 is 0 Å². The van der Waals surface area contributed by atoms with Crippen molar-refractivity contribution in [3.8, 4) is 0 Å². The second-order valence-electron chi connectivity index (χ2n) is 3.52. The molecule has 0 radical (unpaired) electrons. The first-order valence-electron chi connectivity index (χ1n) is 4.46. The van der Waals surface area contributed by atoms with Gasteiger partial charge in [-0.25, -0.2) is 0 Å². The highest BCUT2D eigenvalue weighted by atomic mass is 16.5. The van der Waals surface area contributed by atoms with Crippen LogP contribution in [0.25, 0.3) is 0 Å². The van der Waals surface area contributed by atoms with Crippen LogP contribution in [0.4, 0.5) is 0 Å². The van der Waals surface area contributed by atoms with E-state index in [0.29, 0.717) is 18.8 Å². The summed E-state index contributed by atoms with van der Waals surface area (Å²) in [6.07, 6.45) is 3.94. The van der Waals surface area contributed by atoms with E-state index in [0.717, 1.165) is 18.7 Å². The van der Waals surface area contributed by atoms with Gasteiger partial charge in [0.25, 0.3) is 0 Å². The number of aryl methyl sites for hydroxylation is 1. The number of aromatic nitrogens is 3. The Balaban J connectivity index is 1.77. The molecule has 1 aliphatic carbocycles. The molecule has 0 bridgehead atoms. The predicted molar refractivity (Wildman–Crippen MR) is 46.8 cm³/mol. The van der Waals surface area contributed by atoms with Gasteiger partial charge in [0.15, 0.2) is 5.82 Å². The largest absolute Gasteiger partial charge is 0.370 e. The Morgan fingerprint density at radius 1 is 1.69 bits per heavy atom. The first kappa shape index (κ1) is 8.65. The fourth-order valence-electron chi connectivity index (χ4n) is 1.37. The van der Waals surface area contributed by atoms with Crippen molar-refractivity contribution in [2.75, 3.05) is 0 Å². The standard InChI is InChI=1S/C8H14N4O/c1-12-5-10-11-8(12)4-13-7-2-6(9)3-7/h5-7H,2-4,9H2,1H3. The second kappa shape index (κ2) is 3.43. The fourth-order valence-corrected chi connectivity index (χ4v) is 1.37. The zero-order valence-electron chi connectivity index (χ0n) is 7.68. The zero-order valence-corrected chi connectivity index (χ0v) is 7.68. The molecule has 2 N–H and O–H groups in total. The van der Waals surface area contributed by atoms with Gasteiger partial charge in [-0.2, -0.15) is 0 Å². The molecule has 1 aromatic heterocycles. The minimum absolute atomic E-state index is 0.326. The van der Waals surface area contributed by atoms with Crippen LogP contribution in [0.3, 0.4) is 0 Å². The van der Waals surface area contributed by atoms with Gasteiger partial charge in [0, 0.05) is 13.1 Å². The molecular weight excluding hydrogens is 168 g/mol. The van der Waals surface area contributed by atoms with Crippen molar-refractivity contribution in [3.63, 3.8) is 0 Å². The van der Waals surface area contributed by atoms with Gasteiger partial charge in [-0.15, -0.1) is 10.2 Å². The van der Waals surface area contributed by atoms with Crippen molar-refractivity contribution in [1.82, 2.24) is 14.8 Å². The highest BCUT2D eigenvalue weighted by Crippen LogP contribution is 2.21. The van der Waals surface area contributed by atoms with Crippen LogP contribution in [-0.2, 0) is 18.4 Å². The van der Waals surface area contributed by atoms with E-state index in [9.17, 15) is 0 Å². The van der Waals surface area contributed by atoms with Crippen molar-refractivity contribution < 1.29 is 4.74 Å². The van der Waals surface area contributed by atoms with E-state index in [1.807, 2.05) is 11.6 Å². The van der Waals surface area contributed by atoms with E-state index in [1.165, 1.54) is 0 Å². The van der Waals surface area contributed by atoms with E-state index in [1.54, 1.807) is 6.33 Å². The molecule has 5 heteroatoms. The summed E-state index contributed by atoms with van der Waals surface area (Å²) in [6, 6.07) is 0.337. The van der Waals surface area contributed by atoms with E-state index in [2.05, 4.69) is 10.2 Å². The molecule has 0 spiro atoms. The Morgan fingerprint density at radius 3 is 3.00 bits per heavy atom. The summed E-state index contributed by atoms with van der Waals surface area (Å²) in [5, 5.41) is 7.69. The van der Waals surface area contributed by atoms with E-state index in [-0.39, 0.29) is 0 Å². The fraction of sp³-hybridized carbons (Fsp3) is 0.750. The van der Waals surface area contributed by atoms with Crippen LogP contribution in [-0.4, -0.2) is 26.9 Å². The lowest BCUT2D eigenvalue weighted by Gasteiger charge is -2.31. The normalized spacial score (nSPS) is 27.2. The molecule has 0 atom stereocenters. The molecule has 2 rings (SSSR count). The van der Waals surface area contributed by atoms with Crippen molar-refractivity contribution in [2.45, 2.75) is 31.6 Å². The average molecular weight is 182 g/mol. The lowest BCUT2D eigenvalue weighted by Crippen LogP contribution is -2.41. The number of rotatable bonds is 3. The van der Waals surface area contributed by atoms with Crippen LogP contribution in [0.5, 0.6) is 0 Å². The van der Waals surface area contributed by atoms with E-state index >= 15 is 0 Å². The molecule has 13 heavy (non-hydrogen) atoms. The van der Waals surface area contributed by atoms with Gasteiger partial charge >= 0.3 is 0 Å². The molecule has 1 fully saturated rings. The lowest BCUT2D eigenvalue weighted by molar-refractivity contribution is -0.0225. The van der Waals surface area contributed by atoms with E-state index < -0.39 is 0 Å². The molecule has 5 nitrogen and oxygen atoms in total. The van der Waals surface area contributed by atoms with E-state index in [4.69, 9.17) is 10.5 Å². The zero-order chi connectivity index (χ0) is 9.26. The van der Waals surface area contributed by atoms with Crippen molar-refractivity contribution in [1.29, 1.82) is 0 Å². The highest BCUT2D eigenvalue weighted by molar-refractivity contribution is 4.85. The average Bonchev–Trinajstić information content (AvgIpc) is 2.43. The molecule has 1 saturated carbocycles. The third kappa shape index (κ3) is 1.87. The number of nitrogens with zero attached hydrogens (tertiary/aromatic N) is 3. The van der Waals surface area contributed by atoms with Crippen molar-refractivity contribution in [2.24, 2.45) is 12.8 Å². The maximum absolute atomic E-state index is 5.63. The van der Waals surface area contributed by atoms with Gasteiger partial charge in [-0.3, -0.25) is 0 Å². The van der Waals surface area contributed by atoms with Gasteiger partial charge in [0.1, 0.15) is 12.9 Å². The van der Waals surface area contributed by atoms with Gasteiger partial charge in [-0.1, -0.05) is 0 Å². The van der Waals surface area contributed by atoms with Crippen molar-refractivity contribution >= 4 is 0 Å². The summed E-state index contributed by atoms with van der Waals surface area (Å²) in [5.74, 6) is 0.862. The van der Waals surface area contributed by atoms with Crippen LogP contribution < -0.4 is 5.73 Å². The Bertz CT molecular complexity index is 279. The van der Waals surface area contributed by atoms with Crippen LogP contribution in [0.1, 0.15) is 18.7 Å². The monoisotopic (exact) mass is 182 g/mol. The molecule has 0 aromatic carbocycles. The molecule has 0 saturated heterocycles. The minimum Gasteiger partial charge on any atom is -0.370 e. The second-order valence-corrected chi connectivity index (χ2v) is 3.52. The highest BCUT2D eigenvalue weighted by Gasteiger charge is 2.26. The number of hydrogen-bond donors (Lipinski definition) is 1. The Morgan fingerprint density at radius 2 is 2.46 bits per heavy atom. The third-order valence-corrected chi connectivity index (χ3v) is 2.38. The summed E-state index contributed by atoms with van der Waals surface area (Å²) in [7, 11) is 1.91. The summed E-state index contributed by atoms with van der Waals surface area (Å²) in [4.78, 5) is 0. The summed E-state index contributed by atoms with van der Waals surface area (Å²) >= 11 is 0. The molecule has 72 valence electrons. The van der Waals surface area contributed by atoms with Gasteiger partial charge in [0.05, 0.1) is 6.10 Å². The maximum Gasteiger partial charge on any atom is 0.158 e. The van der Waals surface area contributed by atoms with Crippen LogP contribution in [0, 0.1) is 0 Å². The van der Waals surface area contributed by atoms with Crippen LogP contribution in [0.15, 0.2) is 6.33 Å². The van der Waals surface area contributed by atoms with Gasteiger partial charge in [-0.05, 0) is 12.8 Å². The predicted octanol–water partition coefficient (Wildman–Crippen LogP) is -0.179. The SMILES string of the molecule is Cn1cnnc1COC1CC(N)C1. The molecule has 0 aliphatic heterocycles. The number of ether oxygens (including phenoxy) is 1. The van der Waals surface area contributed by atoms with Gasteiger partial charge < -0.3 is 15.0 Å². The quantitative estimate of drug-likeness (QED) is 0.704. The lowest BCUT2D eigenvalue weighted by atomic mass is 9.90. The van der Waals surface area contributed by atoms with Crippen molar-refractivity contribution in [3.05, 3.63) is 12.2 Å². The summed E-state index contributed by atoms with van der Waals surface area (Å²) in [6.45, 7) is 0.536. The Kier molecular flexibility index (Phi) is 2.28. The molecule has 1 aromatic rings. The summed E-state index contributed by atoms with van der Waals surface area (Å²) in [5.41, 5.74) is 5.63. The molecule has 1 aliphatic rings. The molecule has 1 heterocycles. The summed E-state index contributed by atoms with van der Waals surface area (Å²) < 4.78 is 7.43. The van der Waals surface area contributed by atoms with Crippen LogP contribution in [0.2, 0.25) is 0 Å². The first-order valence-corrected chi connectivity index (χ1v) is 4.46. The Hall–Kier alpha value is -0.940. The minimum atomic E-state index is 0.326. The topological polar surface area (TPSA) is 66.0 Å². The maximum atomic E-state index is 5.63.